The summed E-state index contributed by atoms with van der Waals surface area (Å²) in [6, 6.07) is 9.83. The lowest BCUT2D eigenvalue weighted by Gasteiger charge is -2.14. The molecule has 0 fully saturated rings. The molecule has 0 saturated heterocycles. The number of primary amides is 1. The number of amides is 2. The van der Waals surface area contributed by atoms with Gasteiger partial charge in [0.25, 0.3) is 11.8 Å². The van der Waals surface area contributed by atoms with Crippen molar-refractivity contribution in [3.05, 3.63) is 100 Å². The van der Waals surface area contributed by atoms with Crippen molar-refractivity contribution in [2.24, 2.45) is 5.73 Å². The van der Waals surface area contributed by atoms with E-state index in [2.05, 4.69) is 50.1 Å². The summed E-state index contributed by atoms with van der Waals surface area (Å²) in [7, 11) is 4.50. The van der Waals surface area contributed by atoms with Crippen LogP contribution in [0.15, 0.2) is 67.0 Å². The van der Waals surface area contributed by atoms with Crippen molar-refractivity contribution in [3.63, 3.8) is 0 Å². The summed E-state index contributed by atoms with van der Waals surface area (Å²) in [5.74, 6) is -0.794. The number of pyridine rings is 1. The van der Waals surface area contributed by atoms with E-state index in [1.165, 1.54) is 0 Å². The van der Waals surface area contributed by atoms with Gasteiger partial charge < -0.3 is 16.4 Å². The quantitative estimate of drug-likeness (QED) is 0.235. The molecule has 0 spiro atoms. The molecule has 2 aromatic carbocycles. The van der Waals surface area contributed by atoms with Crippen molar-refractivity contribution in [1.82, 2.24) is 15.6 Å². The molecule has 2 amide bonds. The maximum absolute atomic E-state index is 12.8. The molecule has 186 valence electrons. The van der Waals surface area contributed by atoms with E-state index in [1.54, 1.807) is 25.4 Å². The number of benzene rings is 2. The van der Waals surface area contributed by atoms with Crippen LogP contribution < -0.4 is 21.7 Å². The van der Waals surface area contributed by atoms with Crippen LogP contribution in [0.2, 0.25) is 0 Å². The topological polar surface area (TPSA) is 97.1 Å². The number of aromatic nitrogens is 1. The van der Waals surface area contributed by atoms with Crippen LogP contribution in [0.25, 0.3) is 16.5 Å². The van der Waals surface area contributed by atoms with Gasteiger partial charge >= 0.3 is 0 Å². The lowest BCUT2D eigenvalue weighted by molar-refractivity contribution is -0.117. The third-order valence-corrected chi connectivity index (χ3v) is 6.52. The number of rotatable bonds is 9. The number of aryl methyl sites for hydroxylation is 2. The molecule has 0 aliphatic carbocycles. The van der Waals surface area contributed by atoms with Crippen LogP contribution in [0.1, 0.15) is 45.1 Å². The van der Waals surface area contributed by atoms with Crippen molar-refractivity contribution in [3.8, 4) is 0 Å². The molecule has 3 aromatic rings. The summed E-state index contributed by atoms with van der Waals surface area (Å²) in [5, 5.41) is 7.95. The van der Waals surface area contributed by atoms with Gasteiger partial charge in [0.15, 0.2) is 0 Å². The van der Waals surface area contributed by atoms with Gasteiger partial charge in [-0.15, -0.1) is 9.24 Å². The Kier molecular flexibility index (Phi) is 8.44. The second kappa shape index (κ2) is 11.3. The van der Waals surface area contributed by atoms with E-state index in [1.807, 2.05) is 32.9 Å². The zero-order valence-corrected chi connectivity index (χ0v) is 22.4. The van der Waals surface area contributed by atoms with Crippen molar-refractivity contribution in [2.45, 2.75) is 33.7 Å². The first kappa shape index (κ1) is 26.8. The van der Waals surface area contributed by atoms with Crippen LogP contribution in [0.4, 0.5) is 0 Å². The van der Waals surface area contributed by atoms with Gasteiger partial charge in [-0.05, 0) is 84.2 Å². The Balaban J connectivity index is 1.78. The number of fused-ring (bicyclic) bond motifs is 1. The second-order valence-electron chi connectivity index (χ2n) is 9.04. The Bertz CT molecular complexity index is 1420. The minimum Gasteiger partial charge on any atom is -0.391 e. The Hall–Kier alpha value is -3.76. The Morgan fingerprint density at radius 2 is 1.83 bits per heavy atom. The normalized spacial score (nSPS) is 11.3. The number of nitrogens with zero attached hydrogens (tertiary/aromatic N) is 1. The van der Waals surface area contributed by atoms with Crippen LogP contribution >= 0.6 is 9.24 Å². The van der Waals surface area contributed by atoms with Crippen molar-refractivity contribution < 1.29 is 9.59 Å². The Labute approximate surface area is 215 Å². The van der Waals surface area contributed by atoms with Gasteiger partial charge in [-0.1, -0.05) is 24.8 Å². The third-order valence-electron chi connectivity index (χ3n) is 5.99. The minimum atomic E-state index is -0.531. The fourth-order valence-electron chi connectivity index (χ4n) is 4.10. The molecule has 0 radical (unpaired) electrons. The second-order valence-corrected chi connectivity index (χ2v) is 9.66. The van der Waals surface area contributed by atoms with Gasteiger partial charge in [0.05, 0.1) is 11.1 Å². The molecular formula is C29H33N4O2P. The standard InChI is InChI=1S/C29H33N4O2P/c1-16(2)24-13-22(26(36)9-18(24)4)15-33-29(35)19(5)8-23(31-6)11-20-10-21-7-17(3)14-32-27(21)25(12-20)28(30)34/h7-10,12-14,31H,1,5,11,15,36H2,2-4,6H3,(H2,30,34)(H,33,35)/b23-8-. The van der Waals surface area contributed by atoms with Gasteiger partial charge in [-0.3, -0.25) is 14.6 Å². The van der Waals surface area contributed by atoms with E-state index < -0.39 is 5.91 Å². The van der Waals surface area contributed by atoms with E-state index in [9.17, 15) is 9.59 Å². The molecular weight excluding hydrogens is 467 g/mol. The predicted octanol–water partition coefficient (Wildman–Crippen LogP) is 4.00. The molecule has 7 heteroatoms. The van der Waals surface area contributed by atoms with Crippen molar-refractivity contribution >= 4 is 42.8 Å². The molecule has 4 N–H and O–H groups in total. The summed E-state index contributed by atoms with van der Waals surface area (Å²) < 4.78 is 0. The summed E-state index contributed by atoms with van der Waals surface area (Å²) in [5.41, 5.74) is 13.7. The SMILES string of the molecule is C=C(/C=C(/Cc1cc(C(N)=O)c2ncc(C)cc2c1)NC)C(=O)NCc1cc(C(=C)C)c(C)cc1P. The summed E-state index contributed by atoms with van der Waals surface area (Å²) in [6.07, 6.45) is 3.89. The van der Waals surface area contributed by atoms with Crippen LogP contribution in [0.3, 0.4) is 0 Å². The number of nitrogens with two attached hydrogens (primary N) is 1. The highest BCUT2D eigenvalue weighted by molar-refractivity contribution is 7.27. The zero-order chi connectivity index (χ0) is 26.6. The lowest BCUT2D eigenvalue weighted by atomic mass is 9.99. The first-order chi connectivity index (χ1) is 17.0. The first-order valence-electron chi connectivity index (χ1n) is 11.6. The van der Waals surface area contributed by atoms with E-state index >= 15 is 0 Å². The van der Waals surface area contributed by atoms with Gasteiger partial charge in [0.2, 0.25) is 0 Å². The fraction of sp³-hybridized carbons (Fsp3) is 0.207. The largest absolute Gasteiger partial charge is 0.391 e. The first-order valence-corrected chi connectivity index (χ1v) is 12.2. The molecule has 0 aliphatic heterocycles. The molecule has 3 rings (SSSR count). The highest BCUT2D eigenvalue weighted by Crippen LogP contribution is 2.22. The molecule has 6 nitrogen and oxygen atoms in total. The van der Waals surface area contributed by atoms with E-state index in [0.29, 0.717) is 29.6 Å². The fourth-order valence-corrected chi connectivity index (χ4v) is 4.53. The highest BCUT2D eigenvalue weighted by Gasteiger charge is 2.13. The van der Waals surface area contributed by atoms with Crippen LogP contribution in [-0.2, 0) is 17.8 Å². The molecule has 1 unspecified atom stereocenters. The summed E-state index contributed by atoms with van der Waals surface area (Å²) in [6.45, 7) is 14.3. The van der Waals surface area contributed by atoms with Crippen LogP contribution in [-0.4, -0.2) is 23.8 Å². The maximum atomic E-state index is 12.8. The zero-order valence-electron chi connectivity index (χ0n) is 21.3. The average Bonchev–Trinajstić information content (AvgIpc) is 2.81. The number of carbonyl (C=O) groups is 2. The minimum absolute atomic E-state index is 0.263. The molecule has 0 saturated carbocycles. The lowest BCUT2D eigenvalue weighted by Crippen LogP contribution is -2.26. The van der Waals surface area contributed by atoms with Gasteiger partial charge in [-0.25, -0.2) is 0 Å². The Morgan fingerprint density at radius 1 is 1.11 bits per heavy atom. The number of carbonyl (C=O) groups excluding carboxylic acids is 2. The van der Waals surface area contributed by atoms with E-state index in [0.717, 1.165) is 49.8 Å². The highest BCUT2D eigenvalue weighted by atomic mass is 31.0. The van der Waals surface area contributed by atoms with Gasteiger partial charge in [0, 0.05) is 42.9 Å². The van der Waals surface area contributed by atoms with Crippen LogP contribution in [0, 0.1) is 13.8 Å². The number of allylic oxidation sites excluding steroid dienone is 2. The van der Waals surface area contributed by atoms with Crippen LogP contribution in [0.5, 0.6) is 0 Å². The number of hydrogen-bond acceptors (Lipinski definition) is 4. The summed E-state index contributed by atoms with van der Waals surface area (Å²) in [4.78, 5) is 29.2. The predicted molar refractivity (Wildman–Crippen MR) is 152 cm³/mol. The number of likely N-dealkylation sites (N-methyl/N-ethyl adjacent to an activating group) is 1. The maximum Gasteiger partial charge on any atom is 0.251 e. The smallest absolute Gasteiger partial charge is 0.251 e. The summed E-state index contributed by atoms with van der Waals surface area (Å²) >= 11 is 0. The van der Waals surface area contributed by atoms with E-state index in [4.69, 9.17) is 5.73 Å². The molecule has 0 aliphatic rings. The van der Waals surface area contributed by atoms with E-state index in [-0.39, 0.29) is 5.91 Å². The molecule has 36 heavy (non-hydrogen) atoms. The molecule has 1 aromatic heterocycles. The number of nitrogens with one attached hydrogen (secondary N) is 2. The average molecular weight is 501 g/mol. The van der Waals surface area contributed by atoms with Gasteiger partial charge in [0.1, 0.15) is 0 Å². The monoisotopic (exact) mass is 500 g/mol. The van der Waals surface area contributed by atoms with Crippen molar-refractivity contribution in [2.75, 3.05) is 7.05 Å². The molecule has 1 atom stereocenters. The Morgan fingerprint density at radius 3 is 2.47 bits per heavy atom. The number of hydrogen-bond donors (Lipinski definition) is 3. The molecule has 0 bridgehead atoms. The molecule has 1 heterocycles. The van der Waals surface area contributed by atoms with Crippen molar-refractivity contribution in [1.29, 1.82) is 0 Å². The van der Waals surface area contributed by atoms with Gasteiger partial charge in [-0.2, -0.15) is 0 Å². The third kappa shape index (κ3) is 6.27.